The van der Waals surface area contributed by atoms with Crippen molar-refractivity contribution in [1.82, 2.24) is 4.90 Å². The minimum absolute atomic E-state index is 0.239. The Morgan fingerprint density at radius 3 is 2.71 bits per heavy atom. The molecule has 1 saturated carbocycles. The maximum absolute atomic E-state index is 5.91. The Bertz CT molecular complexity index is 369. The van der Waals surface area contributed by atoms with E-state index in [-0.39, 0.29) is 5.54 Å². The maximum atomic E-state index is 5.91. The van der Waals surface area contributed by atoms with Gasteiger partial charge < -0.3 is 10.5 Å². The lowest BCUT2D eigenvalue weighted by Gasteiger charge is -2.48. The summed E-state index contributed by atoms with van der Waals surface area (Å²) in [6, 6.07) is 8.25. The molecule has 0 aromatic heterocycles. The van der Waals surface area contributed by atoms with Crippen LogP contribution in [0.15, 0.2) is 24.3 Å². The zero-order valence-electron chi connectivity index (χ0n) is 10.8. The number of benzene rings is 1. The van der Waals surface area contributed by atoms with Crippen molar-refractivity contribution in [1.29, 1.82) is 0 Å². The number of likely N-dealkylation sites (N-methyl/N-ethyl adjacent to an activating group) is 1. The van der Waals surface area contributed by atoms with E-state index in [0.717, 1.165) is 18.8 Å². The molecule has 0 unspecified atom stereocenters. The molecule has 0 radical (unpaired) electrons. The molecule has 0 heterocycles. The second-order valence-electron chi connectivity index (χ2n) is 4.99. The standard InChI is InChI=1S/C14H22N2O/c1-16(14(11-15)7-4-8-14)10-12-5-3-6-13(9-12)17-2/h3,5-6,9H,4,7-8,10-11,15H2,1-2H3. The second-order valence-corrected chi connectivity index (χ2v) is 4.99. The van der Waals surface area contributed by atoms with Crippen LogP contribution in [0.25, 0.3) is 0 Å². The minimum Gasteiger partial charge on any atom is -0.497 e. The molecule has 0 amide bonds. The Balaban J connectivity index is 2.04. The van der Waals surface area contributed by atoms with Crippen LogP contribution in [0.1, 0.15) is 24.8 Å². The summed E-state index contributed by atoms with van der Waals surface area (Å²) in [6.45, 7) is 1.70. The van der Waals surface area contributed by atoms with Crippen LogP contribution in [-0.2, 0) is 6.54 Å². The number of hydrogen-bond acceptors (Lipinski definition) is 3. The first-order chi connectivity index (χ1) is 8.20. The SMILES string of the molecule is COc1cccc(CN(C)C2(CN)CCC2)c1. The molecule has 1 aliphatic carbocycles. The second kappa shape index (κ2) is 5.07. The van der Waals surface area contributed by atoms with Crippen LogP contribution >= 0.6 is 0 Å². The zero-order chi connectivity index (χ0) is 12.3. The van der Waals surface area contributed by atoms with E-state index in [9.17, 15) is 0 Å². The van der Waals surface area contributed by atoms with E-state index in [1.54, 1.807) is 7.11 Å². The highest BCUT2D eigenvalue weighted by atomic mass is 16.5. The van der Waals surface area contributed by atoms with Crippen LogP contribution < -0.4 is 10.5 Å². The summed E-state index contributed by atoms with van der Waals surface area (Å²) in [6.07, 6.45) is 3.76. The van der Waals surface area contributed by atoms with E-state index in [2.05, 4.69) is 24.1 Å². The van der Waals surface area contributed by atoms with Crippen LogP contribution in [0.5, 0.6) is 5.75 Å². The molecule has 3 heteroatoms. The van der Waals surface area contributed by atoms with Crippen molar-refractivity contribution in [3.63, 3.8) is 0 Å². The maximum Gasteiger partial charge on any atom is 0.119 e. The van der Waals surface area contributed by atoms with Gasteiger partial charge in [-0.05, 0) is 44.0 Å². The molecule has 94 valence electrons. The monoisotopic (exact) mass is 234 g/mol. The molecule has 0 atom stereocenters. The van der Waals surface area contributed by atoms with Gasteiger partial charge in [0.2, 0.25) is 0 Å². The molecular weight excluding hydrogens is 212 g/mol. The van der Waals surface area contributed by atoms with Crippen LogP contribution in [0.3, 0.4) is 0 Å². The zero-order valence-corrected chi connectivity index (χ0v) is 10.8. The molecule has 2 N–H and O–H groups in total. The van der Waals surface area contributed by atoms with Crippen molar-refractivity contribution in [3.8, 4) is 5.75 Å². The van der Waals surface area contributed by atoms with Gasteiger partial charge in [-0.15, -0.1) is 0 Å². The molecule has 0 aliphatic heterocycles. The lowest BCUT2D eigenvalue weighted by molar-refractivity contribution is 0.0398. The van der Waals surface area contributed by atoms with Gasteiger partial charge in [0.15, 0.2) is 0 Å². The number of ether oxygens (including phenoxy) is 1. The molecule has 1 aliphatic rings. The van der Waals surface area contributed by atoms with Crippen molar-refractivity contribution in [2.24, 2.45) is 5.73 Å². The fourth-order valence-corrected chi connectivity index (χ4v) is 2.54. The van der Waals surface area contributed by atoms with Gasteiger partial charge in [0.05, 0.1) is 7.11 Å². The highest BCUT2D eigenvalue weighted by molar-refractivity contribution is 5.28. The van der Waals surface area contributed by atoms with Gasteiger partial charge in [0, 0.05) is 18.6 Å². The van der Waals surface area contributed by atoms with Crippen LogP contribution in [0, 0.1) is 0 Å². The first-order valence-corrected chi connectivity index (χ1v) is 6.24. The normalized spacial score (nSPS) is 17.9. The summed E-state index contributed by atoms with van der Waals surface area (Å²) in [5.74, 6) is 0.923. The van der Waals surface area contributed by atoms with E-state index in [0.29, 0.717) is 0 Å². The third-order valence-electron chi connectivity index (χ3n) is 4.03. The van der Waals surface area contributed by atoms with Gasteiger partial charge in [-0.2, -0.15) is 0 Å². The Hall–Kier alpha value is -1.06. The number of rotatable bonds is 5. The predicted molar refractivity (Wildman–Crippen MR) is 70.1 cm³/mol. The summed E-state index contributed by atoms with van der Waals surface area (Å²) in [4.78, 5) is 2.39. The van der Waals surface area contributed by atoms with Crippen molar-refractivity contribution in [2.45, 2.75) is 31.3 Å². The molecule has 17 heavy (non-hydrogen) atoms. The van der Waals surface area contributed by atoms with Crippen molar-refractivity contribution >= 4 is 0 Å². The highest BCUT2D eigenvalue weighted by Crippen LogP contribution is 2.36. The average molecular weight is 234 g/mol. The Morgan fingerprint density at radius 1 is 1.41 bits per heavy atom. The van der Waals surface area contributed by atoms with Gasteiger partial charge in [0.25, 0.3) is 0 Å². The fourth-order valence-electron chi connectivity index (χ4n) is 2.54. The third kappa shape index (κ3) is 2.45. The molecule has 2 rings (SSSR count). The first kappa shape index (κ1) is 12.4. The van der Waals surface area contributed by atoms with Gasteiger partial charge in [-0.25, -0.2) is 0 Å². The van der Waals surface area contributed by atoms with Gasteiger partial charge >= 0.3 is 0 Å². The first-order valence-electron chi connectivity index (χ1n) is 6.24. The van der Waals surface area contributed by atoms with Gasteiger partial charge in [-0.3, -0.25) is 4.90 Å². The number of nitrogens with zero attached hydrogens (tertiary/aromatic N) is 1. The Kier molecular flexibility index (Phi) is 3.69. The lowest BCUT2D eigenvalue weighted by atomic mass is 9.75. The number of methoxy groups -OCH3 is 1. The number of hydrogen-bond donors (Lipinski definition) is 1. The lowest BCUT2D eigenvalue weighted by Crippen LogP contribution is -2.56. The quantitative estimate of drug-likeness (QED) is 0.847. The molecular formula is C14H22N2O. The van der Waals surface area contributed by atoms with E-state index >= 15 is 0 Å². The van der Waals surface area contributed by atoms with E-state index < -0.39 is 0 Å². The van der Waals surface area contributed by atoms with E-state index in [4.69, 9.17) is 10.5 Å². The predicted octanol–water partition coefficient (Wildman–Crippen LogP) is 2.01. The van der Waals surface area contributed by atoms with Crippen molar-refractivity contribution in [2.75, 3.05) is 20.7 Å². The van der Waals surface area contributed by atoms with Crippen LogP contribution in [0.2, 0.25) is 0 Å². The van der Waals surface area contributed by atoms with Crippen molar-refractivity contribution in [3.05, 3.63) is 29.8 Å². The van der Waals surface area contributed by atoms with E-state index in [1.165, 1.54) is 24.8 Å². The van der Waals surface area contributed by atoms with Crippen LogP contribution in [0.4, 0.5) is 0 Å². The fraction of sp³-hybridized carbons (Fsp3) is 0.571. The molecule has 0 saturated heterocycles. The smallest absolute Gasteiger partial charge is 0.119 e. The molecule has 0 bridgehead atoms. The third-order valence-corrected chi connectivity index (χ3v) is 4.03. The molecule has 1 fully saturated rings. The number of nitrogens with two attached hydrogens (primary N) is 1. The molecule has 1 aromatic rings. The largest absolute Gasteiger partial charge is 0.497 e. The minimum atomic E-state index is 0.239. The summed E-state index contributed by atoms with van der Waals surface area (Å²) >= 11 is 0. The summed E-state index contributed by atoms with van der Waals surface area (Å²) in [7, 11) is 3.88. The summed E-state index contributed by atoms with van der Waals surface area (Å²) in [5, 5.41) is 0. The molecule has 3 nitrogen and oxygen atoms in total. The van der Waals surface area contributed by atoms with Gasteiger partial charge in [-0.1, -0.05) is 12.1 Å². The summed E-state index contributed by atoms with van der Waals surface area (Å²) < 4.78 is 5.25. The topological polar surface area (TPSA) is 38.5 Å². The molecule has 0 spiro atoms. The summed E-state index contributed by atoms with van der Waals surface area (Å²) in [5.41, 5.74) is 7.44. The van der Waals surface area contributed by atoms with Crippen LogP contribution in [-0.4, -0.2) is 31.1 Å². The van der Waals surface area contributed by atoms with Crippen molar-refractivity contribution < 1.29 is 4.74 Å². The average Bonchev–Trinajstić information content (AvgIpc) is 2.28. The highest BCUT2D eigenvalue weighted by Gasteiger charge is 2.39. The molecule has 1 aromatic carbocycles. The van der Waals surface area contributed by atoms with E-state index in [1.807, 2.05) is 12.1 Å². The Morgan fingerprint density at radius 2 is 2.18 bits per heavy atom. The van der Waals surface area contributed by atoms with Gasteiger partial charge in [0.1, 0.15) is 5.75 Å². The Labute approximate surface area is 104 Å².